The van der Waals surface area contributed by atoms with E-state index in [0.29, 0.717) is 16.3 Å². The number of methoxy groups -OCH3 is 1. The van der Waals surface area contributed by atoms with Crippen molar-refractivity contribution in [3.05, 3.63) is 77.2 Å². The Balaban J connectivity index is 1.52. The molecule has 31 heavy (non-hydrogen) atoms. The predicted molar refractivity (Wildman–Crippen MR) is 124 cm³/mol. The monoisotopic (exact) mass is 450 g/mol. The van der Waals surface area contributed by atoms with Crippen LogP contribution in [0.1, 0.15) is 12.0 Å². The van der Waals surface area contributed by atoms with Crippen LogP contribution in [0.25, 0.3) is 6.08 Å². The number of anilines is 1. The van der Waals surface area contributed by atoms with Crippen LogP contribution in [0.5, 0.6) is 5.75 Å². The van der Waals surface area contributed by atoms with Crippen LogP contribution in [0.2, 0.25) is 0 Å². The number of amides is 3. The van der Waals surface area contributed by atoms with Gasteiger partial charge in [0.25, 0.3) is 11.8 Å². The number of ether oxygens (including phenoxy) is 1. The highest BCUT2D eigenvalue weighted by Crippen LogP contribution is 2.36. The van der Waals surface area contributed by atoms with Crippen molar-refractivity contribution in [1.82, 2.24) is 4.90 Å². The maximum absolute atomic E-state index is 13.0. The Hall–Kier alpha value is -3.23. The van der Waals surface area contributed by atoms with Gasteiger partial charge in [0.15, 0.2) is 0 Å². The van der Waals surface area contributed by atoms with Gasteiger partial charge >= 0.3 is 0 Å². The van der Waals surface area contributed by atoms with E-state index >= 15 is 0 Å². The molecule has 0 N–H and O–H groups in total. The lowest BCUT2D eigenvalue weighted by molar-refractivity contribution is -0.130. The second-order valence-electron chi connectivity index (χ2n) is 6.83. The smallest absolute Gasteiger partial charge is 0.266 e. The Morgan fingerprint density at radius 3 is 2.45 bits per heavy atom. The van der Waals surface area contributed by atoms with Gasteiger partial charge in [-0.1, -0.05) is 66.5 Å². The summed E-state index contributed by atoms with van der Waals surface area (Å²) < 4.78 is 5.39. The van der Waals surface area contributed by atoms with Crippen molar-refractivity contribution < 1.29 is 19.1 Å². The molecule has 8 heteroatoms. The molecule has 2 saturated heterocycles. The first-order valence-electron chi connectivity index (χ1n) is 9.49. The van der Waals surface area contributed by atoms with Crippen LogP contribution < -0.4 is 9.64 Å². The van der Waals surface area contributed by atoms with E-state index in [1.54, 1.807) is 36.4 Å². The van der Waals surface area contributed by atoms with Crippen LogP contribution in [0.15, 0.2) is 71.7 Å². The molecule has 0 spiro atoms. The first-order chi connectivity index (χ1) is 15.0. The van der Waals surface area contributed by atoms with Crippen LogP contribution in [0, 0.1) is 0 Å². The average molecular weight is 451 g/mol. The van der Waals surface area contributed by atoms with Crippen LogP contribution in [-0.4, -0.2) is 40.1 Å². The second kappa shape index (κ2) is 8.87. The summed E-state index contributed by atoms with van der Waals surface area (Å²) in [5.41, 5.74) is 1.44. The number of carbonyl (C=O) groups excluding carboxylic acids is 3. The third-order valence-electron chi connectivity index (χ3n) is 4.92. The number of imide groups is 1. The lowest BCUT2D eigenvalue weighted by Crippen LogP contribution is -2.44. The van der Waals surface area contributed by atoms with E-state index in [1.165, 1.54) is 12.0 Å². The maximum atomic E-state index is 13.0. The molecule has 0 aromatic heterocycles. The van der Waals surface area contributed by atoms with E-state index in [9.17, 15) is 14.4 Å². The number of thioether (sulfide) groups is 1. The number of thiocarbonyl (C=S) groups is 1. The fourth-order valence-electron chi connectivity index (χ4n) is 3.39. The normalized spacial score (nSPS) is 20.5. The summed E-state index contributed by atoms with van der Waals surface area (Å²) in [4.78, 5) is 41.3. The number of benzene rings is 2. The van der Waals surface area contributed by atoms with Gasteiger partial charge in [-0.15, -0.1) is 0 Å². The van der Waals surface area contributed by atoms with Gasteiger partial charge in [0.1, 0.15) is 16.1 Å². The summed E-state index contributed by atoms with van der Waals surface area (Å²) in [6, 6.07) is 15.4. The summed E-state index contributed by atoms with van der Waals surface area (Å²) in [7, 11) is 1.54. The highest BCUT2D eigenvalue weighted by molar-refractivity contribution is 8.26. The zero-order chi connectivity index (χ0) is 22.0. The van der Waals surface area contributed by atoms with Crippen LogP contribution in [0.3, 0.4) is 0 Å². The number of carbonyl (C=O) groups is 3. The molecule has 2 aromatic rings. The van der Waals surface area contributed by atoms with Crippen molar-refractivity contribution in [2.24, 2.45) is 0 Å². The first-order valence-corrected chi connectivity index (χ1v) is 10.7. The minimum Gasteiger partial charge on any atom is -0.497 e. The standard InChI is InChI=1S/C23H18N2O4S2/c1-29-17-12-10-16(11-13-17)24-20(26)14-18(21(24)27)25-22(28)19(31-23(25)30)9-5-8-15-6-3-2-4-7-15/h2-13,18H,14H2,1H3/b8-5+,19-9-. The molecule has 2 aliphatic heterocycles. The maximum Gasteiger partial charge on any atom is 0.266 e. The number of rotatable bonds is 5. The second-order valence-corrected chi connectivity index (χ2v) is 8.50. The lowest BCUT2D eigenvalue weighted by atomic mass is 10.2. The van der Waals surface area contributed by atoms with E-state index in [-0.39, 0.29) is 22.6 Å². The van der Waals surface area contributed by atoms with Crippen LogP contribution in [-0.2, 0) is 14.4 Å². The molecule has 2 fully saturated rings. The van der Waals surface area contributed by atoms with Gasteiger partial charge in [-0.25, -0.2) is 4.90 Å². The van der Waals surface area contributed by atoms with Crippen LogP contribution >= 0.6 is 24.0 Å². The van der Waals surface area contributed by atoms with E-state index in [0.717, 1.165) is 22.2 Å². The summed E-state index contributed by atoms with van der Waals surface area (Å²) in [5.74, 6) is -0.588. The Bertz CT molecular complexity index is 1110. The van der Waals surface area contributed by atoms with E-state index in [4.69, 9.17) is 17.0 Å². The van der Waals surface area contributed by atoms with Crippen LogP contribution in [0.4, 0.5) is 5.69 Å². The average Bonchev–Trinajstić information content (AvgIpc) is 3.22. The van der Waals surface area contributed by atoms with Crippen molar-refractivity contribution in [3.63, 3.8) is 0 Å². The SMILES string of the molecule is COc1ccc(N2C(=O)CC(N3C(=O)/C(=C/C=C/c4ccccc4)SC3=S)C2=O)cc1. The predicted octanol–water partition coefficient (Wildman–Crippen LogP) is 3.78. The zero-order valence-corrected chi connectivity index (χ0v) is 18.2. The van der Waals surface area contributed by atoms with E-state index < -0.39 is 11.9 Å². The molecule has 0 aliphatic carbocycles. The Morgan fingerprint density at radius 1 is 1.06 bits per heavy atom. The zero-order valence-electron chi connectivity index (χ0n) is 16.6. The molecule has 6 nitrogen and oxygen atoms in total. The molecule has 2 aliphatic rings. The third kappa shape index (κ3) is 4.17. The summed E-state index contributed by atoms with van der Waals surface area (Å²) in [5, 5.41) is 0. The lowest BCUT2D eigenvalue weighted by Gasteiger charge is -2.21. The molecular formula is C23H18N2O4S2. The van der Waals surface area contributed by atoms with Crippen molar-refractivity contribution in [3.8, 4) is 5.75 Å². The summed E-state index contributed by atoms with van der Waals surface area (Å²) >= 11 is 6.49. The minimum absolute atomic E-state index is 0.107. The third-order valence-corrected chi connectivity index (χ3v) is 6.27. The largest absolute Gasteiger partial charge is 0.497 e. The number of allylic oxidation sites excluding steroid dienone is 2. The highest BCUT2D eigenvalue weighted by Gasteiger charge is 2.48. The van der Waals surface area contributed by atoms with Gasteiger partial charge in [-0.3, -0.25) is 19.3 Å². The topological polar surface area (TPSA) is 66.9 Å². The van der Waals surface area contributed by atoms with E-state index in [1.807, 2.05) is 36.4 Å². The van der Waals surface area contributed by atoms with Gasteiger partial charge in [-0.05, 0) is 35.9 Å². The molecule has 0 saturated carbocycles. The van der Waals surface area contributed by atoms with Gasteiger partial charge in [0.2, 0.25) is 5.91 Å². The Morgan fingerprint density at radius 2 is 1.77 bits per heavy atom. The minimum atomic E-state index is -0.939. The molecule has 1 atom stereocenters. The molecule has 156 valence electrons. The van der Waals surface area contributed by atoms with Gasteiger partial charge in [-0.2, -0.15) is 0 Å². The van der Waals surface area contributed by atoms with Crippen molar-refractivity contribution in [1.29, 1.82) is 0 Å². The Labute approximate surface area is 189 Å². The number of nitrogens with zero attached hydrogens (tertiary/aromatic N) is 2. The molecule has 2 heterocycles. The molecule has 1 unspecified atom stereocenters. The highest BCUT2D eigenvalue weighted by atomic mass is 32.2. The van der Waals surface area contributed by atoms with E-state index in [2.05, 4.69) is 0 Å². The Kier molecular flexibility index (Phi) is 6.01. The molecule has 4 rings (SSSR count). The fraction of sp³-hybridized carbons (Fsp3) is 0.130. The molecule has 0 bridgehead atoms. The molecular weight excluding hydrogens is 432 g/mol. The molecule has 0 radical (unpaired) electrons. The molecule has 3 amide bonds. The molecule has 2 aromatic carbocycles. The van der Waals surface area contributed by atoms with Gasteiger partial charge in [0.05, 0.1) is 24.1 Å². The quantitative estimate of drug-likeness (QED) is 0.392. The van der Waals surface area contributed by atoms with Crippen molar-refractivity contribution in [2.45, 2.75) is 12.5 Å². The van der Waals surface area contributed by atoms with Gasteiger partial charge in [0, 0.05) is 0 Å². The van der Waals surface area contributed by atoms with Crippen molar-refractivity contribution >= 4 is 57.8 Å². The van der Waals surface area contributed by atoms with Gasteiger partial charge < -0.3 is 4.74 Å². The first kappa shape index (κ1) is 21.0. The number of hydrogen-bond acceptors (Lipinski definition) is 6. The fourth-order valence-corrected chi connectivity index (χ4v) is 4.70. The van der Waals surface area contributed by atoms with Crippen molar-refractivity contribution in [2.75, 3.05) is 12.0 Å². The summed E-state index contributed by atoms with van der Waals surface area (Å²) in [6.07, 6.45) is 5.22. The number of hydrogen-bond donors (Lipinski definition) is 0. The summed E-state index contributed by atoms with van der Waals surface area (Å²) in [6.45, 7) is 0.